The first-order chi connectivity index (χ1) is 17.5. The molecule has 0 spiro atoms. The minimum Gasteiger partial charge on any atom is -0.367 e. The van der Waals surface area contributed by atoms with Crippen LogP contribution in [0.15, 0.2) is 60.8 Å². The molecule has 7 heteroatoms. The highest BCUT2D eigenvalue weighted by molar-refractivity contribution is 5.94. The van der Waals surface area contributed by atoms with Crippen LogP contribution in [0.2, 0.25) is 0 Å². The monoisotopic (exact) mass is 484 g/mol. The molecular weight excluding hydrogens is 448 g/mol. The molecule has 1 aromatic heterocycles. The number of likely N-dealkylation sites (tertiary alicyclic amines) is 1. The molecule has 0 atom stereocenters. The zero-order valence-corrected chi connectivity index (χ0v) is 21.4. The Balaban J connectivity index is 1.19. The van der Waals surface area contributed by atoms with Gasteiger partial charge in [-0.05, 0) is 44.5 Å². The van der Waals surface area contributed by atoms with Crippen molar-refractivity contribution in [3.63, 3.8) is 0 Å². The number of aryl methyl sites for hydroxylation is 1. The molecule has 188 valence electrons. The predicted molar refractivity (Wildman–Crippen MR) is 144 cm³/mol. The summed E-state index contributed by atoms with van der Waals surface area (Å²) >= 11 is 0. The largest absolute Gasteiger partial charge is 0.367 e. The summed E-state index contributed by atoms with van der Waals surface area (Å²) in [5.41, 5.74) is 4.06. The Morgan fingerprint density at radius 1 is 0.944 bits per heavy atom. The lowest BCUT2D eigenvalue weighted by Gasteiger charge is -2.33. The third-order valence-electron chi connectivity index (χ3n) is 7.33. The first-order valence-electron chi connectivity index (χ1n) is 13.0. The van der Waals surface area contributed by atoms with Gasteiger partial charge in [-0.1, -0.05) is 42.5 Å². The van der Waals surface area contributed by atoms with Crippen LogP contribution in [0.4, 0.5) is 5.82 Å². The van der Waals surface area contributed by atoms with Crippen molar-refractivity contribution in [3.05, 3.63) is 77.5 Å². The quantitative estimate of drug-likeness (QED) is 0.572. The SMILES string of the molecule is Cc1cnc(-c2ccc(C(=O)N3CCN(C)CC3)cc2)nc1NC1CCN(Cc2ccccc2)CC1. The molecule has 0 unspecified atom stereocenters. The number of carbonyl (C=O) groups is 1. The van der Waals surface area contributed by atoms with Crippen molar-refractivity contribution < 1.29 is 4.79 Å². The van der Waals surface area contributed by atoms with Gasteiger partial charge in [0.15, 0.2) is 5.82 Å². The van der Waals surface area contributed by atoms with Gasteiger partial charge in [-0.25, -0.2) is 9.97 Å². The molecule has 7 nitrogen and oxygen atoms in total. The predicted octanol–water partition coefficient (Wildman–Crippen LogP) is 3.92. The normalized spacial score (nSPS) is 17.8. The number of amides is 1. The second-order valence-corrected chi connectivity index (χ2v) is 10.1. The van der Waals surface area contributed by atoms with Gasteiger partial charge in [-0.2, -0.15) is 0 Å². The topological polar surface area (TPSA) is 64.6 Å². The maximum atomic E-state index is 12.9. The number of piperidine rings is 1. The minimum absolute atomic E-state index is 0.0976. The fourth-order valence-electron chi connectivity index (χ4n) is 4.95. The highest BCUT2D eigenvalue weighted by atomic mass is 16.2. The Hall–Kier alpha value is -3.29. The lowest BCUT2D eigenvalue weighted by Crippen LogP contribution is -2.47. The Morgan fingerprint density at radius 2 is 1.64 bits per heavy atom. The van der Waals surface area contributed by atoms with Crippen molar-refractivity contribution in [1.29, 1.82) is 0 Å². The number of likely N-dealkylation sites (N-methyl/N-ethyl adjacent to an activating group) is 1. The first kappa shape index (κ1) is 24.4. The number of nitrogens with zero attached hydrogens (tertiary/aromatic N) is 5. The minimum atomic E-state index is 0.0976. The van der Waals surface area contributed by atoms with Crippen LogP contribution in [-0.4, -0.2) is 82.9 Å². The number of piperazine rings is 1. The standard InChI is InChI=1S/C29H36N6O/c1-22-20-30-28(24-8-10-25(11-9-24)29(36)35-18-16-33(2)17-19-35)32-27(22)31-26-12-14-34(15-13-26)21-23-6-4-3-5-7-23/h3-11,20,26H,12-19,21H2,1-2H3,(H,30,31,32). The molecule has 2 aliphatic heterocycles. The maximum absolute atomic E-state index is 12.9. The molecule has 0 aliphatic carbocycles. The summed E-state index contributed by atoms with van der Waals surface area (Å²) in [7, 11) is 2.09. The van der Waals surface area contributed by atoms with Crippen LogP contribution >= 0.6 is 0 Å². The summed E-state index contributed by atoms with van der Waals surface area (Å²) in [5.74, 6) is 1.68. The van der Waals surface area contributed by atoms with E-state index in [1.54, 1.807) is 0 Å². The molecule has 0 bridgehead atoms. The number of aromatic nitrogens is 2. The van der Waals surface area contributed by atoms with Crippen LogP contribution in [-0.2, 0) is 6.54 Å². The Labute approximate surface area is 214 Å². The summed E-state index contributed by atoms with van der Waals surface area (Å²) in [6.45, 7) is 8.60. The number of carbonyl (C=O) groups excluding carboxylic acids is 1. The van der Waals surface area contributed by atoms with Gasteiger partial charge in [0.1, 0.15) is 5.82 Å². The lowest BCUT2D eigenvalue weighted by atomic mass is 10.0. The molecule has 0 saturated carbocycles. The van der Waals surface area contributed by atoms with E-state index in [4.69, 9.17) is 4.98 Å². The number of rotatable bonds is 6. The molecule has 1 N–H and O–H groups in total. The summed E-state index contributed by atoms with van der Waals surface area (Å²) in [4.78, 5) is 29.0. The van der Waals surface area contributed by atoms with Gasteiger partial charge in [0.05, 0.1) is 0 Å². The van der Waals surface area contributed by atoms with Crippen LogP contribution in [0.25, 0.3) is 11.4 Å². The van der Waals surface area contributed by atoms with Crippen molar-refractivity contribution in [2.75, 3.05) is 51.6 Å². The van der Waals surface area contributed by atoms with Crippen LogP contribution in [0.5, 0.6) is 0 Å². The number of benzene rings is 2. The van der Waals surface area contributed by atoms with E-state index >= 15 is 0 Å². The Kier molecular flexibility index (Phi) is 7.58. The highest BCUT2D eigenvalue weighted by Crippen LogP contribution is 2.23. The van der Waals surface area contributed by atoms with Gasteiger partial charge >= 0.3 is 0 Å². The molecule has 2 saturated heterocycles. The van der Waals surface area contributed by atoms with Crippen molar-refractivity contribution in [1.82, 2.24) is 24.7 Å². The van der Waals surface area contributed by atoms with Crippen LogP contribution in [0, 0.1) is 6.92 Å². The van der Waals surface area contributed by atoms with E-state index in [1.807, 2.05) is 35.4 Å². The van der Waals surface area contributed by atoms with Crippen LogP contribution in [0.1, 0.15) is 34.3 Å². The van der Waals surface area contributed by atoms with Gasteiger partial charge in [0.25, 0.3) is 5.91 Å². The molecule has 2 fully saturated rings. The molecule has 2 aliphatic rings. The highest BCUT2D eigenvalue weighted by Gasteiger charge is 2.22. The molecule has 3 aromatic rings. The van der Waals surface area contributed by atoms with Gasteiger partial charge in [-0.15, -0.1) is 0 Å². The second-order valence-electron chi connectivity index (χ2n) is 10.1. The summed E-state index contributed by atoms with van der Waals surface area (Å²) in [6.07, 6.45) is 4.07. The van der Waals surface area contributed by atoms with Gasteiger partial charge < -0.3 is 15.1 Å². The van der Waals surface area contributed by atoms with E-state index in [9.17, 15) is 4.79 Å². The smallest absolute Gasteiger partial charge is 0.253 e. The van der Waals surface area contributed by atoms with E-state index in [1.165, 1.54) is 5.56 Å². The first-order valence-corrected chi connectivity index (χ1v) is 13.0. The van der Waals surface area contributed by atoms with Gasteiger partial charge in [0, 0.05) is 74.7 Å². The van der Waals surface area contributed by atoms with Crippen molar-refractivity contribution >= 4 is 11.7 Å². The molecule has 36 heavy (non-hydrogen) atoms. The third kappa shape index (κ3) is 5.91. The summed E-state index contributed by atoms with van der Waals surface area (Å²) < 4.78 is 0. The van der Waals surface area contributed by atoms with E-state index in [-0.39, 0.29) is 5.91 Å². The molecule has 1 amide bonds. The van der Waals surface area contributed by atoms with Crippen LogP contribution < -0.4 is 5.32 Å². The molecule has 5 rings (SSSR count). The van der Waals surface area contributed by atoms with Crippen molar-refractivity contribution in [2.24, 2.45) is 0 Å². The van der Waals surface area contributed by atoms with E-state index in [0.717, 1.165) is 81.2 Å². The number of nitrogens with one attached hydrogen (secondary N) is 1. The number of hydrogen-bond acceptors (Lipinski definition) is 6. The number of anilines is 1. The fourth-order valence-corrected chi connectivity index (χ4v) is 4.95. The Morgan fingerprint density at radius 3 is 2.33 bits per heavy atom. The van der Waals surface area contributed by atoms with E-state index in [0.29, 0.717) is 11.9 Å². The van der Waals surface area contributed by atoms with Crippen LogP contribution in [0.3, 0.4) is 0 Å². The maximum Gasteiger partial charge on any atom is 0.253 e. The summed E-state index contributed by atoms with van der Waals surface area (Å²) in [5, 5.41) is 3.68. The average molecular weight is 485 g/mol. The number of hydrogen-bond donors (Lipinski definition) is 1. The van der Waals surface area contributed by atoms with Crippen molar-refractivity contribution in [2.45, 2.75) is 32.4 Å². The molecule has 0 radical (unpaired) electrons. The molecular formula is C29H36N6O. The average Bonchev–Trinajstić information content (AvgIpc) is 2.92. The van der Waals surface area contributed by atoms with Crippen molar-refractivity contribution in [3.8, 4) is 11.4 Å². The third-order valence-corrected chi connectivity index (χ3v) is 7.33. The zero-order valence-electron chi connectivity index (χ0n) is 21.4. The van der Waals surface area contributed by atoms with E-state index in [2.05, 4.69) is 64.4 Å². The van der Waals surface area contributed by atoms with Gasteiger partial charge in [0.2, 0.25) is 0 Å². The van der Waals surface area contributed by atoms with Gasteiger partial charge in [-0.3, -0.25) is 9.69 Å². The lowest BCUT2D eigenvalue weighted by molar-refractivity contribution is 0.0664. The summed E-state index contributed by atoms with van der Waals surface area (Å²) in [6, 6.07) is 18.8. The Bertz CT molecular complexity index is 1150. The zero-order chi connectivity index (χ0) is 24.9. The fraction of sp³-hybridized carbons (Fsp3) is 0.414. The second kappa shape index (κ2) is 11.2. The molecule has 3 heterocycles. The molecule has 2 aromatic carbocycles. The van der Waals surface area contributed by atoms with E-state index < -0.39 is 0 Å².